The third-order valence-electron chi connectivity index (χ3n) is 6.23. The number of benzene rings is 1. The lowest BCUT2D eigenvalue weighted by molar-refractivity contribution is -0.128. The number of carbonyl (C=O) groups is 1. The maximum absolute atomic E-state index is 13.1. The van der Waals surface area contributed by atoms with Gasteiger partial charge in [0.1, 0.15) is 0 Å². The van der Waals surface area contributed by atoms with Crippen LogP contribution in [-0.2, 0) is 10.3 Å². The van der Waals surface area contributed by atoms with Gasteiger partial charge in [-0.15, -0.1) is 0 Å². The van der Waals surface area contributed by atoms with Crippen molar-refractivity contribution in [3.63, 3.8) is 0 Å². The molecule has 3 aliphatic rings. The highest BCUT2D eigenvalue weighted by Gasteiger charge is 2.45. The number of aliphatic hydroxyl groups excluding tert-OH is 1. The SMILES string of the molecule is O=C(NC1(c2ccccc2)C=CC=C2CC[C@@H](O)CC21)C1CCNCC1. The number of hydrogen-bond donors (Lipinski definition) is 3. The third-order valence-corrected chi connectivity index (χ3v) is 6.23. The Morgan fingerprint density at radius 1 is 1.15 bits per heavy atom. The predicted molar refractivity (Wildman–Crippen MR) is 102 cm³/mol. The minimum Gasteiger partial charge on any atom is -0.393 e. The zero-order chi connectivity index (χ0) is 18.0. The molecule has 1 saturated heterocycles. The molecule has 0 bridgehead atoms. The molecule has 2 aliphatic carbocycles. The van der Waals surface area contributed by atoms with Gasteiger partial charge >= 0.3 is 0 Å². The van der Waals surface area contributed by atoms with Gasteiger partial charge in [0.05, 0.1) is 11.6 Å². The van der Waals surface area contributed by atoms with E-state index in [9.17, 15) is 9.90 Å². The van der Waals surface area contributed by atoms with Crippen LogP contribution in [0.5, 0.6) is 0 Å². The summed E-state index contributed by atoms with van der Waals surface area (Å²) in [5.74, 6) is 0.318. The van der Waals surface area contributed by atoms with Gasteiger partial charge < -0.3 is 15.7 Å². The number of hydrogen-bond acceptors (Lipinski definition) is 3. The summed E-state index contributed by atoms with van der Waals surface area (Å²) in [6, 6.07) is 10.2. The molecule has 0 spiro atoms. The second kappa shape index (κ2) is 7.37. The maximum Gasteiger partial charge on any atom is 0.224 e. The average Bonchev–Trinajstić information content (AvgIpc) is 2.70. The quantitative estimate of drug-likeness (QED) is 0.784. The summed E-state index contributed by atoms with van der Waals surface area (Å²) in [7, 11) is 0. The van der Waals surface area contributed by atoms with Crippen molar-refractivity contribution in [1.82, 2.24) is 10.6 Å². The lowest BCUT2D eigenvalue weighted by Gasteiger charge is -2.46. The summed E-state index contributed by atoms with van der Waals surface area (Å²) >= 11 is 0. The van der Waals surface area contributed by atoms with E-state index in [1.165, 1.54) is 5.57 Å². The number of allylic oxidation sites excluding steroid dienone is 2. The Kier molecular flexibility index (Phi) is 4.96. The summed E-state index contributed by atoms with van der Waals surface area (Å²) in [6.45, 7) is 1.80. The molecule has 1 heterocycles. The zero-order valence-corrected chi connectivity index (χ0v) is 15.2. The minimum absolute atomic E-state index is 0.0631. The molecule has 0 radical (unpaired) electrons. The van der Waals surface area contributed by atoms with Crippen molar-refractivity contribution >= 4 is 5.91 Å². The van der Waals surface area contributed by atoms with Gasteiger partial charge in [0.25, 0.3) is 0 Å². The van der Waals surface area contributed by atoms with Crippen molar-refractivity contribution in [2.75, 3.05) is 13.1 Å². The van der Waals surface area contributed by atoms with Gasteiger partial charge in [0.2, 0.25) is 5.91 Å². The monoisotopic (exact) mass is 352 g/mol. The first-order valence-electron chi connectivity index (χ1n) is 9.83. The van der Waals surface area contributed by atoms with Gasteiger partial charge in [-0.25, -0.2) is 0 Å². The standard InChI is InChI=1S/C22H28N2O2/c25-19-9-8-16-5-4-12-22(20(16)15-19,18-6-2-1-3-7-18)24-21(26)17-10-13-23-14-11-17/h1-7,12,17,19-20,23,25H,8-11,13-15H2,(H,24,26)/t19-,20?,22?/m1/s1. The maximum atomic E-state index is 13.1. The van der Waals surface area contributed by atoms with Crippen LogP contribution in [-0.4, -0.2) is 30.2 Å². The van der Waals surface area contributed by atoms with Crippen LogP contribution in [0.2, 0.25) is 0 Å². The minimum atomic E-state index is -0.561. The molecule has 2 unspecified atom stereocenters. The normalized spacial score (nSPS) is 31.8. The molecule has 1 saturated carbocycles. The lowest BCUT2D eigenvalue weighted by atomic mass is 9.65. The van der Waals surface area contributed by atoms with Crippen molar-refractivity contribution in [1.29, 1.82) is 0 Å². The Bertz CT molecular complexity index is 706. The fourth-order valence-electron chi connectivity index (χ4n) is 4.77. The van der Waals surface area contributed by atoms with E-state index >= 15 is 0 Å². The Balaban J connectivity index is 1.70. The molecule has 1 aliphatic heterocycles. The molecule has 4 rings (SSSR count). The van der Waals surface area contributed by atoms with E-state index in [-0.39, 0.29) is 23.8 Å². The Morgan fingerprint density at radius 2 is 1.92 bits per heavy atom. The van der Waals surface area contributed by atoms with E-state index in [4.69, 9.17) is 0 Å². The first-order valence-corrected chi connectivity index (χ1v) is 9.83. The van der Waals surface area contributed by atoms with Gasteiger partial charge in [-0.2, -0.15) is 0 Å². The van der Waals surface area contributed by atoms with Crippen molar-refractivity contribution in [2.24, 2.45) is 11.8 Å². The summed E-state index contributed by atoms with van der Waals surface area (Å²) in [4.78, 5) is 13.1. The molecular formula is C22H28N2O2. The number of fused-ring (bicyclic) bond motifs is 1. The average molecular weight is 352 g/mol. The molecule has 138 valence electrons. The van der Waals surface area contributed by atoms with Crippen molar-refractivity contribution in [3.05, 3.63) is 59.7 Å². The molecule has 3 atom stereocenters. The molecule has 0 aromatic heterocycles. The largest absolute Gasteiger partial charge is 0.393 e. The highest BCUT2D eigenvalue weighted by molar-refractivity contribution is 5.80. The topological polar surface area (TPSA) is 61.4 Å². The van der Waals surface area contributed by atoms with Crippen LogP contribution in [0.25, 0.3) is 0 Å². The summed E-state index contributed by atoms with van der Waals surface area (Å²) < 4.78 is 0. The van der Waals surface area contributed by atoms with E-state index < -0.39 is 5.54 Å². The van der Waals surface area contributed by atoms with E-state index in [0.29, 0.717) is 6.42 Å². The molecule has 1 amide bonds. The molecular weight excluding hydrogens is 324 g/mol. The fourth-order valence-corrected chi connectivity index (χ4v) is 4.77. The Morgan fingerprint density at radius 3 is 2.69 bits per heavy atom. The summed E-state index contributed by atoms with van der Waals surface area (Å²) in [6.07, 6.45) is 10.3. The second-order valence-electron chi connectivity index (χ2n) is 7.83. The number of carbonyl (C=O) groups excluding carboxylic acids is 1. The highest BCUT2D eigenvalue weighted by Crippen LogP contribution is 2.46. The number of rotatable bonds is 3. The zero-order valence-electron chi connectivity index (χ0n) is 15.2. The van der Waals surface area contributed by atoms with Crippen molar-refractivity contribution < 1.29 is 9.90 Å². The first kappa shape index (κ1) is 17.5. The van der Waals surface area contributed by atoms with E-state index in [1.807, 2.05) is 18.2 Å². The highest BCUT2D eigenvalue weighted by atomic mass is 16.3. The molecule has 4 nitrogen and oxygen atoms in total. The van der Waals surface area contributed by atoms with E-state index in [0.717, 1.165) is 44.3 Å². The summed E-state index contributed by atoms with van der Waals surface area (Å²) in [5.41, 5.74) is 1.88. The van der Waals surface area contributed by atoms with Crippen LogP contribution >= 0.6 is 0 Å². The van der Waals surface area contributed by atoms with E-state index in [2.05, 4.69) is 41.0 Å². The first-order chi connectivity index (χ1) is 12.7. The van der Waals surface area contributed by atoms with Gasteiger partial charge in [-0.05, 0) is 50.8 Å². The molecule has 1 aromatic rings. The van der Waals surface area contributed by atoms with E-state index in [1.54, 1.807) is 0 Å². The summed E-state index contributed by atoms with van der Waals surface area (Å²) in [5, 5.41) is 17.1. The van der Waals surface area contributed by atoms with Gasteiger partial charge in [0.15, 0.2) is 0 Å². The van der Waals surface area contributed by atoms with Crippen LogP contribution in [0.3, 0.4) is 0 Å². The van der Waals surface area contributed by atoms with Gasteiger partial charge in [-0.3, -0.25) is 4.79 Å². The van der Waals surface area contributed by atoms with Gasteiger partial charge in [0, 0.05) is 11.8 Å². The number of aliphatic hydroxyl groups is 1. The lowest BCUT2D eigenvalue weighted by Crippen LogP contribution is -2.55. The van der Waals surface area contributed by atoms with Crippen LogP contribution in [0.15, 0.2) is 54.1 Å². The second-order valence-corrected chi connectivity index (χ2v) is 7.83. The third kappa shape index (κ3) is 3.24. The fraction of sp³-hybridized carbons (Fsp3) is 0.500. The number of amides is 1. The molecule has 2 fully saturated rings. The van der Waals surface area contributed by atoms with Crippen LogP contribution in [0.4, 0.5) is 0 Å². The van der Waals surface area contributed by atoms with Crippen LogP contribution < -0.4 is 10.6 Å². The molecule has 26 heavy (non-hydrogen) atoms. The predicted octanol–water partition coefficient (Wildman–Crippen LogP) is 2.65. The Labute approximate surface area is 155 Å². The van der Waals surface area contributed by atoms with Crippen LogP contribution in [0.1, 0.15) is 37.7 Å². The van der Waals surface area contributed by atoms with Crippen molar-refractivity contribution in [3.8, 4) is 0 Å². The Hall–Kier alpha value is -1.91. The molecule has 1 aromatic carbocycles. The van der Waals surface area contributed by atoms with Crippen molar-refractivity contribution in [2.45, 2.75) is 43.7 Å². The molecule has 3 N–H and O–H groups in total. The number of piperidine rings is 1. The van der Waals surface area contributed by atoms with Gasteiger partial charge in [-0.1, -0.05) is 54.1 Å². The smallest absolute Gasteiger partial charge is 0.224 e. The van der Waals surface area contributed by atoms with Crippen LogP contribution in [0, 0.1) is 11.8 Å². The number of nitrogens with one attached hydrogen (secondary N) is 2. The molecule has 4 heteroatoms.